The van der Waals surface area contributed by atoms with E-state index in [4.69, 9.17) is 0 Å². The van der Waals surface area contributed by atoms with Crippen LogP contribution in [0.3, 0.4) is 0 Å². The molecule has 0 radical (unpaired) electrons. The summed E-state index contributed by atoms with van der Waals surface area (Å²) in [6, 6.07) is 3.01. The number of aliphatic hydroxyl groups is 2. The van der Waals surface area contributed by atoms with Crippen LogP contribution in [0.25, 0.3) is 0 Å². The third-order valence-electron chi connectivity index (χ3n) is 6.13. The molecule has 6 heteroatoms. The number of hydrogen-bond acceptors (Lipinski definition) is 6. The van der Waals surface area contributed by atoms with Crippen molar-refractivity contribution in [1.29, 1.82) is 0 Å². The fourth-order valence-corrected chi connectivity index (χ4v) is 3.65. The largest absolute Gasteiger partial charge is 0.508 e. The lowest BCUT2D eigenvalue weighted by molar-refractivity contribution is 0.168. The highest BCUT2D eigenvalue weighted by Crippen LogP contribution is 2.43. The Bertz CT molecular complexity index is 828. The van der Waals surface area contributed by atoms with E-state index < -0.39 is 12.2 Å². The Balaban J connectivity index is 2.55. The fourth-order valence-electron chi connectivity index (χ4n) is 3.65. The molecule has 160 valence electrons. The first-order valence-corrected chi connectivity index (χ1v) is 9.83. The van der Waals surface area contributed by atoms with Crippen molar-refractivity contribution in [2.75, 3.05) is 0 Å². The molecule has 0 spiro atoms. The molecule has 0 aliphatic rings. The first-order chi connectivity index (χ1) is 13.4. The maximum atomic E-state index is 10.7. The zero-order valence-electron chi connectivity index (χ0n) is 17.9. The van der Waals surface area contributed by atoms with Crippen molar-refractivity contribution in [3.8, 4) is 23.0 Å². The quantitative estimate of drug-likeness (QED) is 0.437. The zero-order chi connectivity index (χ0) is 22.2. The van der Waals surface area contributed by atoms with E-state index in [-0.39, 0.29) is 52.4 Å². The molecule has 0 aromatic heterocycles. The molecule has 0 fully saturated rings. The van der Waals surface area contributed by atoms with Gasteiger partial charge < -0.3 is 30.6 Å². The molecule has 6 nitrogen and oxygen atoms in total. The lowest BCUT2D eigenvalue weighted by atomic mass is 9.86. The second-order valence-corrected chi connectivity index (χ2v) is 8.11. The predicted molar refractivity (Wildman–Crippen MR) is 112 cm³/mol. The van der Waals surface area contributed by atoms with Gasteiger partial charge in [0.1, 0.15) is 23.0 Å². The Morgan fingerprint density at radius 2 is 0.966 bits per heavy atom. The van der Waals surface area contributed by atoms with Crippen molar-refractivity contribution in [1.82, 2.24) is 0 Å². The third-order valence-corrected chi connectivity index (χ3v) is 6.13. The molecule has 2 aromatic rings. The highest BCUT2D eigenvalue weighted by atomic mass is 16.3. The molecule has 2 rings (SSSR count). The van der Waals surface area contributed by atoms with Crippen molar-refractivity contribution in [2.24, 2.45) is 0 Å². The molecular weight excluding hydrogens is 372 g/mol. The molecule has 0 saturated carbocycles. The van der Waals surface area contributed by atoms with Crippen LogP contribution in [0.15, 0.2) is 12.1 Å². The normalized spacial score (nSPS) is 15.7. The Kier molecular flexibility index (Phi) is 6.71. The van der Waals surface area contributed by atoms with Crippen LogP contribution in [0.2, 0.25) is 0 Å². The van der Waals surface area contributed by atoms with Gasteiger partial charge in [-0.1, -0.05) is 13.8 Å². The van der Waals surface area contributed by atoms with E-state index in [1.54, 1.807) is 41.5 Å². The van der Waals surface area contributed by atoms with Gasteiger partial charge in [0.15, 0.2) is 0 Å². The minimum Gasteiger partial charge on any atom is -0.508 e. The van der Waals surface area contributed by atoms with Gasteiger partial charge in [0.2, 0.25) is 0 Å². The molecule has 29 heavy (non-hydrogen) atoms. The van der Waals surface area contributed by atoms with Crippen LogP contribution in [0.1, 0.15) is 72.9 Å². The molecule has 0 amide bonds. The van der Waals surface area contributed by atoms with Gasteiger partial charge in [-0.15, -0.1) is 0 Å². The maximum Gasteiger partial charge on any atom is 0.126 e. The average Bonchev–Trinajstić information content (AvgIpc) is 2.65. The summed E-state index contributed by atoms with van der Waals surface area (Å²) in [5, 5.41) is 62.1. The second-order valence-electron chi connectivity index (χ2n) is 8.11. The van der Waals surface area contributed by atoms with Crippen LogP contribution >= 0.6 is 0 Å². The van der Waals surface area contributed by atoms with E-state index in [1.165, 1.54) is 12.1 Å². The van der Waals surface area contributed by atoms with Crippen molar-refractivity contribution in [2.45, 2.75) is 72.0 Å². The van der Waals surface area contributed by atoms with Crippen molar-refractivity contribution in [3.63, 3.8) is 0 Å². The number of rotatable bonds is 6. The summed E-state index contributed by atoms with van der Waals surface area (Å²) in [7, 11) is 0. The molecule has 6 N–H and O–H groups in total. The Morgan fingerprint density at radius 1 is 0.655 bits per heavy atom. The molecule has 4 atom stereocenters. The SMILES string of the molecule is Cc1c([C@H](C)[C@@H](C)O)cc(O)c(Cc2c(O)cc([C@H](C)[C@@H](C)O)c(C)c2O)c1O. The topological polar surface area (TPSA) is 121 Å². The van der Waals surface area contributed by atoms with Crippen LogP contribution in [0.5, 0.6) is 23.0 Å². The van der Waals surface area contributed by atoms with Crippen LogP contribution < -0.4 is 0 Å². The molecule has 0 heterocycles. The number of benzene rings is 2. The molecule has 0 aliphatic heterocycles. The summed E-state index contributed by atoms with van der Waals surface area (Å²) < 4.78 is 0. The first kappa shape index (κ1) is 22.8. The molecule has 0 unspecified atom stereocenters. The van der Waals surface area contributed by atoms with Gasteiger partial charge in [0, 0.05) is 29.4 Å². The third kappa shape index (κ3) is 4.28. The molecule has 2 aromatic carbocycles. The minimum atomic E-state index is -0.655. The summed E-state index contributed by atoms with van der Waals surface area (Å²) in [6.07, 6.45) is -1.39. The van der Waals surface area contributed by atoms with E-state index in [1.807, 2.05) is 0 Å². The van der Waals surface area contributed by atoms with Gasteiger partial charge in [-0.2, -0.15) is 0 Å². The second kappa shape index (κ2) is 8.51. The highest BCUT2D eigenvalue weighted by molar-refractivity contribution is 5.60. The standard InChI is InChI=1S/C23H32O6/c1-10(14(5)24)16-8-20(26)18(22(28)12(16)3)7-19-21(27)9-17(11(2)15(6)25)13(4)23(19)29/h8-11,14-15,24-29H,7H2,1-6H3/t10-,11-,14-,15-/m1/s1. The minimum absolute atomic E-state index is 0.0797. The predicted octanol–water partition coefficient (Wildman–Crippen LogP) is 3.69. The van der Waals surface area contributed by atoms with E-state index in [9.17, 15) is 30.6 Å². The van der Waals surface area contributed by atoms with Crippen molar-refractivity contribution in [3.05, 3.63) is 45.5 Å². The summed E-state index contributed by atoms with van der Waals surface area (Å²) in [5.41, 5.74) is 2.69. The highest BCUT2D eigenvalue weighted by Gasteiger charge is 2.25. The maximum absolute atomic E-state index is 10.7. The van der Waals surface area contributed by atoms with E-state index in [2.05, 4.69) is 0 Å². The van der Waals surface area contributed by atoms with Gasteiger partial charge in [-0.25, -0.2) is 0 Å². The zero-order valence-corrected chi connectivity index (χ0v) is 17.9. The molecule has 0 bridgehead atoms. The van der Waals surface area contributed by atoms with Crippen LogP contribution in [0.4, 0.5) is 0 Å². The average molecular weight is 405 g/mol. The van der Waals surface area contributed by atoms with E-state index in [0.29, 0.717) is 22.3 Å². The lowest BCUT2D eigenvalue weighted by Crippen LogP contribution is -2.13. The van der Waals surface area contributed by atoms with Crippen LogP contribution in [0, 0.1) is 13.8 Å². The summed E-state index contributed by atoms with van der Waals surface area (Å²) in [6.45, 7) is 10.3. The van der Waals surface area contributed by atoms with Gasteiger partial charge in [-0.05, 0) is 62.1 Å². The Labute approximate surface area is 171 Å². The van der Waals surface area contributed by atoms with Gasteiger partial charge >= 0.3 is 0 Å². The van der Waals surface area contributed by atoms with Crippen LogP contribution in [-0.2, 0) is 6.42 Å². The van der Waals surface area contributed by atoms with Gasteiger partial charge in [-0.3, -0.25) is 0 Å². The van der Waals surface area contributed by atoms with Crippen LogP contribution in [-0.4, -0.2) is 42.8 Å². The summed E-state index contributed by atoms with van der Waals surface area (Å²) in [4.78, 5) is 0. The summed E-state index contributed by atoms with van der Waals surface area (Å²) in [5.74, 6) is -1.19. The Morgan fingerprint density at radius 3 is 1.24 bits per heavy atom. The Hall–Kier alpha value is -2.44. The van der Waals surface area contributed by atoms with E-state index in [0.717, 1.165) is 0 Å². The van der Waals surface area contributed by atoms with Gasteiger partial charge in [0.25, 0.3) is 0 Å². The van der Waals surface area contributed by atoms with E-state index >= 15 is 0 Å². The molecule has 0 saturated heterocycles. The number of phenolic OH excluding ortho intramolecular Hbond substituents is 4. The number of aliphatic hydroxyl groups excluding tert-OH is 2. The van der Waals surface area contributed by atoms with Gasteiger partial charge in [0.05, 0.1) is 12.2 Å². The van der Waals surface area contributed by atoms with Crippen molar-refractivity contribution >= 4 is 0 Å². The van der Waals surface area contributed by atoms with Crippen molar-refractivity contribution < 1.29 is 30.6 Å². The monoisotopic (exact) mass is 404 g/mol. The fraction of sp³-hybridized carbons (Fsp3) is 0.478. The number of hydrogen-bond donors (Lipinski definition) is 6. The number of phenols is 4. The first-order valence-electron chi connectivity index (χ1n) is 9.83. The number of aromatic hydroxyl groups is 4. The molecule has 0 aliphatic carbocycles. The lowest BCUT2D eigenvalue weighted by Gasteiger charge is -2.23. The molecular formula is C23H32O6. The summed E-state index contributed by atoms with van der Waals surface area (Å²) >= 11 is 0. The smallest absolute Gasteiger partial charge is 0.126 e.